The van der Waals surface area contributed by atoms with Gasteiger partial charge in [0.2, 0.25) is 0 Å². The molecule has 3 nitrogen and oxygen atoms in total. The number of methoxy groups -OCH3 is 1. The van der Waals surface area contributed by atoms with E-state index in [-0.39, 0.29) is 11.8 Å². The highest BCUT2D eigenvalue weighted by molar-refractivity contribution is 5.81. The summed E-state index contributed by atoms with van der Waals surface area (Å²) in [6.45, 7) is 3.98. The van der Waals surface area contributed by atoms with E-state index >= 15 is 0 Å². The number of aliphatic hydroxyl groups is 1. The number of hydrogen-bond acceptors (Lipinski definition) is 3. The zero-order valence-electron chi connectivity index (χ0n) is 15.5. The summed E-state index contributed by atoms with van der Waals surface area (Å²) < 4.78 is 5.39. The molecule has 1 N–H and O–H groups in total. The minimum Gasteiger partial charge on any atom is -0.484 e. The molecule has 1 aliphatic heterocycles. The van der Waals surface area contributed by atoms with Crippen molar-refractivity contribution in [2.75, 3.05) is 7.11 Å². The summed E-state index contributed by atoms with van der Waals surface area (Å²) >= 11 is 0. The van der Waals surface area contributed by atoms with E-state index in [0.29, 0.717) is 5.90 Å². The maximum absolute atomic E-state index is 11.9. The van der Waals surface area contributed by atoms with E-state index in [2.05, 4.69) is 11.1 Å². The lowest BCUT2D eigenvalue weighted by Gasteiger charge is -2.35. The molecule has 1 heterocycles. The van der Waals surface area contributed by atoms with Gasteiger partial charge in [-0.25, -0.2) is 4.99 Å². The van der Waals surface area contributed by atoms with Crippen LogP contribution in [0.25, 0.3) is 0 Å². The monoisotopic (exact) mass is 347 g/mol. The quantitative estimate of drug-likeness (QED) is 0.818. The first-order chi connectivity index (χ1) is 12.6. The van der Waals surface area contributed by atoms with E-state index in [1.54, 1.807) is 7.11 Å². The number of nitrogens with zero attached hydrogens (tertiary/aromatic N) is 1. The maximum Gasteiger partial charge on any atom is 0.194 e. The second kappa shape index (κ2) is 7.71. The predicted molar refractivity (Wildman–Crippen MR) is 106 cm³/mol. The lowest BCUT2D eigenvalue weighted by atomic mass is 9.75. The van der Waals surface area contributed by atoms with Gasteiger partial charge in [0, 0.05) is 11.6 Å². The average molecular weight is 347 g/mol. The molecular weight excluding hydrogens is 322 g/mol. The Morgan fingerprint density at radius 1 is 0.923 bits per heavy atom. The van der Waals surface area contributed by atoms with Gasteiger partial charge in [0.1, 0.15) is 5.60 Å². The zero-order valence-corrected chi connectivity index (χ0v) is 15.5. The predicted octanol–water partition coefficient (Wildman–Crippen LogP) is 4.69. The largest absolute Gasteiger partial charge is 0.484 e. The minimum atomic E-state index is -1.18. The average Bonchev–Trinajstić information content (AvgIpc) is 2.68. The van der Waals surface area contributed by atoms with E-state index in [0.717, 1.165) is 16.8 Å². The molecule has 3 heteroatoms. The normalized spacial score (nSPS) is 23.8. The Bertz CT molecular complexity index is 782. The summed E-state index contributed by atoms with van der Waals surface area (Å²) in [6, 6.07) is 19.6. The van der Waals surface area contributed by atoms with Crippen molar-refractivity contribution in [1.82, 2.24) is 0 Å². The van der Waals surface area contributed by atoms with Crippen LogP contribution in [0.15, 0.2) is 89.6 Å². The smallest absolute Gasteiger partial charge is 0.194 e. The first-order valence-corrected chi connectivity index (χ1v) is 8.88. The van der Waals surface area contributed by atoms with Crippen molar-refractivity contribution < 1.29 is 9.84 Å². The molecule has 0 fully saturated rings. The second-order valence-electron chi connectivity index (χ2n) is 6.66. The third-order valence-corrected chi connectivity index (χ3v) is 4.82. The Morgan fingerprint density at radius 3 is 1.96 bits per heavy atom. The molecule has 1 aliphatic rings. The van der Waals surface area contributed by atoms with Gasteiger partial charge in [0.25, 0.3) is 0 Å². The van der Waals surface area contributed by atoms with E-state index in [9.17, 15) is 5.11 Å². The van der Waals surface area contributed by atoms with Crippen molar-refractivity contribution in [2.24, 2.45) is 16.8 Å². The van der Waals surface area contributed by atoms with E-state index in [1.807, 2.05) is 86.7 Å². The molecule has 2 unspecified atom stereocenters. The van der Waals surface area contributed by atoms with Crippen LogP contribution in [0.1, 0.15) is 25.0 Å². The molecule has 2 aromatic carbocycles. The van der Waals surface area contributed by atoms with Gasteiger partial charge < -0.3 is 9.84 Å². The van der Waals surface area contributed by atoms with Gasteiger partial charge in [-0.3, -0.25) is 0 Å². The minimum absolute atomic E-state index is 0.0435. The molecular formula is C23H25NO2. The van der Waals surface area contributed by atoms with Crippen molar-refractivity contribution in [3.8, 4) is 0 Å². The van der Waals surface area contributed by atoms with Crippen LogP contribution in [-0.4, -0.2) is 18.1 Å². The fourth-order valence-corrected chi connectivity index (χ4v) is 3.42. The molecule has 0 saturated carbocycles. The number of benzene rings is 2. The molecule has 2 aromatic rings. The highest BCUT2D eigenvalue weighted by Gasteiger charge is 2.38. The van der Waals surface area contributed by atoms with E-state index in [4.69, 9.17) is 4.74 Å². The molecule has 0 bridgehead atoms. The van der Waals surface area contributed by atoms with Crippen LogP contribution < -0.4 is 0 Å². The summed E-state index contributed by atoms with van der Waals surface area (Å²) in [4.78, 5) is 4.58. The van der Waals surface area contributed by atoms with Crippen LogP contribution in [0, 0.1) is 11.8 Å². The first-order valence-electron chi connectivity index (χ1n) is 8.88. The molecule has 0 amide bonds. The second-order valence-corrected chi connectivity index (χ2v) is 6.66. The van der Waals surface area contributed by atoms with Gasteiger partial charge in [0.15, 0.2) is 5.90 Å². The van der Waals surface area contributed by atoms with Crippen LogP contribution in [-0.2, 0) is 10.3 Å². The van der Waals surface area contributed by atoms with E-state index < -0.39 is 5.60 Å². The van der Waals surface area contributed by atoms with Crippen LogP contribution in [0.4, 0.5) is 0 Å². The lowest BCUT2D eigenvalue weighted by Crippen LogP contribution is -2.35. The molecule has 0 spiro atoms. The summed E-state index contributed by atoms with van der Waals surface area (Å²) in [6.07, 6.45) is 6.11. The summed E-state index contributed by atoms with van der Waals surface area (Å²) in [5.74, 6) is 0.468. The summed E-state index contributed by atoms with van der Waals surface area (Å²) in [7, 11) is 1.64. The molecule has 0 aliphatic carbocycles. The fraction of sp³-hybridized carbons (Fsp3) is 0.261. The highest BCUT2D eigenvalue weighted by Crippen LogP contribution is 2.39. The zero-order chi connectivity index (χ0) is 18.6. The van der Waals surface area contributed by atoms with Gasteiger partial charge in [-0.15, -0.1) is 0 Å². The Morgan fingerprint density at radius 2 is 1.46 bits per heavy atom. The van der Waals surface area contributed by atoms with Gasteiger partial charge in [-0.05, 0) is 18.1 Å². The van der Waals surface area contributed by atoms with Crippen molar-refractivity contribution in [3.05, 3.63) is 95.7 Å². The van der Waals surface area contributed by atoms with E-state index in [1.165, 1.54) is 0 Å². The molecule has 3 rings (SSSR count). The maximum atomic E-state index is 11.9. The van der Waals surface area contributed by atoms with Crippen molar-refractivity contribution >= 4 is 5.90 Å². The fourth-order valence-electron chi connectivity index (χ4n) is 3.42. The number of ether oxygens (including phenoxy) is 1. The summed E-state index contributed by atoms with van der Waals surface area (Å²) in [5.41, 5.74) is 1.36. The molecule has 2 atom stereocenters. The van der Waals surface area contributed by atoms with Crippen LogP contribution in [0.2, 0.25) is 0 Å². The third-order valence-electron chi connectivity index (χ3n) is 4.82. The van der Waals surface area contributed by atoms with Crippen LogP contribution in [0.3, 0.4) is 0 Å². The van der Waals surface area contributed by atoms with Crippen molar-refractivity contribution in [1.29, 1.82) is 0 Å². The number of aliphatic imine (C=N–C) groups is 1. The first kappa shape index (κ1) is 18.2. The summed E-state index contributed by atoms with van der Waals surface area (Å²) in [5, 5.41) is 11.9. The van der Waals surface area contributed by atoms with Crippen molar-refractivity contribution in [3.63, 3.8) is 0 Å². The Balaban J connectivity index is 2.17. The number of rotatable bonds is 3. The molecule has 0 aromatic heterocycles. The molecule has 0 radical (unpaired) electrons. The lowest BCUT2D eigenvalue weighted by molar-refractivity contribution is 0.0535. The SMILES string of the molecule is COC1=N/C(C)=C\C(C(O)(c2ccccc2)c2ccccc2)/C=C\C1C. The topological polar surface area (TPSA) is 41.8 Å². The van der Waals surface area contributed by atoms with Crippen molar-refractivity contribution in [2.45, 2.75) is 19.4 Å². The number of hydrogen-bond donors (Lipinski definition) is 1. The van der Waals surface area contributed by atoms with Crippen LogP contribution in [0.5, 0.6) is 0 Å². The third kappa shape index (κ3) is 3.49. The highest BCUT2D eigenvalue weighted by atomic mass is 16.5. The number of allylic oxidation sites excluding steroid dienone is 1. The Hall–Kier alpha value is -2.65. The Kier molecular flexibility index (Phi) is 5.38. The van der Waals surface area contributed by atoms with Gasteiger partial charge in [-0.1, -0.05) is 85.8 Å². The molecule has 134 valence electrons. The van der Waals surface area contributed by atoms with Gasteiger partial charge in [0.05, 0.1) is 13.0 Å². The Labute approximate surface area is 155 Å². The molecule has 26 heavy (non-hydrogen) atoms. The van der Waals surface area contributed by atoms with Gasteiger partial charge in [-0.2, -0.15) is 0 Å². The van der Waals surface area contributed by atoms with Gasteiger partial charge >= 0.3 is 0 Å². The van der Waals surface area contributed by atoms with Crippen LogP contribution >= 0.6 is 0 Å². The standard InChI is InChI=1S/C23H25NO2/c1-17-14-15-21(16-18(2)24-22(17)26-3)23(25,19-10-6-4-7-11-19)20-12-8-5-9-13-20/h4-17,21,25H,1-3H3/b15-14-,18-16-,24-22?. The molecule has 0 saturated heterocycles.